The Morgan fingerprint density at radius 3 is 2.83 bits per heavy atom. The highest BCUT2D eigenvalue weighted by atomic mass is 16.2. The third-order valence-electron chi connectivity index (χ3n) is 3.25. The number of nitrogens with two attached hydrogens (primary N) is 1. The number of carbonyl (C=O) groups excluding carboxylic acids is 1. The molecule has 2 aromatic rings. The second kappa shape index (κ2) is 4.30. The van der Waals surface area contributed by atoms with E-state index in [1.54, 1.807) is 6.20 Å². The molecule has 0 bridgehead atoms. The van der Waals surface area contributed by atoms with Crippen molar-refractivity contribution in [3.05, 3.63) is 24.4 Å². The minimum Gasteiger partial charge on any atom is -0.369 e. The molecule has 1 aromatic carbocycles. The Labute approximate surface area is 104 Å². The summed E-state index contributed by atoms with van der Waals surface area (Å²) in [7, 11) is 0. The topological polar surface area (TPSA) is 76.2 Å². The predicted molar refractivity (Wildman–Crippen MR) is 69.8 cm³/mol. The quantitative estimate of drug-likeness (QED) is 0.761. The number of nitrogens with one attached hydrogen (secondary N) is 1. The van der Waals surface area contributed by atoms with Gasteiger partial charge in [-0.3, -0.25) is 0 Å². The second-order valence-corrected chi connectivity index (χ2v) is 4.37. The first-order valence-corrected chi connectivity index (χ1v) is 5.99. The summed E-state index contributed by atoms with van der Waals surface area (Å²) in [6, 6.07) is 5.44. The Hall–Kier alpha value is -2.08. The molecule has 0 radical (unpaired) electrons. The van der Waals surface area contributed by atoms with Gasteiger partial charge in [-0.05, 0) is 18.2 Å². The summed E-state index contributed by atoms with van der Waals surface area (Å²) in [5.74, 6) is 0. The zero-order valence-corrected chi connectivity index (χ0v) is 9.97. The number of benzene rings is 1. The van der Waals surface area contributed by atoms with Gasteiger partial charge in [0.25, 0.3) is 0 Å². The van der Waals surface area contributed by atoms with Crippen molar-refractivity contribution in [1.82, 2.24) is 15.1 Å². The maximum Gasteiger partial charge on any atom is 0.340 e. The molecule has 6 nitrogen and oxygen atoms in total. The van der Waals surface area contributed by atoms with Crippen LogP contribution in [0.5, 0.6) is 0 Å². The minimum absolute atomic E-state index is 0.553. The van der Waals surface area contributed by atoms with E-state index in [4.69, 9.17) is 5.73 Å². The summed E-state index contributed by atoms with van der Waals surface area (Å²) < 4.78 is 1.24. The molecular formula is C12H15N5O. The number of amides is 1. The van der Waals surface area contributed by atoms with Crippen LogP contribution in [0.2, 0.25) is 0 Å². The van der Waals surface area contributed by atoms with Gasteiger partial charge in [-0.1, -0.05) is 0 Å². The number of aromatic nitrogens is 2. The Balaban J connectivity index is 2.03. The van der Waals surface area contributed by atoms with Gasteiger partial charge >= 0.3 is 6.03 Å². The van der Waals surface area contributed by atoms with Crippen LogP contribution in [-0.4, -0.2) is 42.0 Å². The standard InChI is InChI=1S/C12H15N5O/c13-12(18)17-11-7-10(2-1-9(11)8-15-17)16-5-3-14-4-6-16/h1-2,7-8,14H,3-6H2,(H2,13,18). The highest BCUT2D eigenvalue weighted by Crippen LogP contribution is 2.22. The number of anilines is 1. The lowest BCUT2D eigenvalue weighted by atomic mass is 10.2. The van der Waals surface area contributed by atoms with Crippen molar-refractivity contribution in [2.75, 3.05) is 31.1 Å². The van der Waals surface area contributed by atoms with E-state index in [2.05, 4.69) is 21.4 Å². The van der Waals surface area contributed by atoms with Gasteiger partial charge in [0.2, 0.25) is 0 Å². The SMILES string of the molecule is NC(=O)n1ncc2ccc(N3CCNCC3)cc21. The number of hydrogen-bond acceptors (Lipinski definition) is 4. The third-order valence-corrected chi connectivity index (χ3v) is 3.25. The summed E-state index contributed by atoms with van der Waals surface area (Å²) >= 11 is 0. The van der Waals surface area contributed by atoms with Crippen LogP contribution in [0, 0.1) is 0 Å². The Kier molecular flexibility index (Phi) is 2.64. The van der Waals surface area contributed by atoms with Gasteiger partial charge in [0.05, 0.1) is 11.7 Å². The molecule has 2 heterocycles. The van der Waals surface area contributed by atoms with Crippen molar-refractivity contribution in [3.63, 3.8) is 0 Å². The molecule has 0 aliphatic carbocycles. The van der Waals surface area contributed by atoms with Crippen LogP contribution in [0.15, 0.2) is 24.4 Å². The van der Waals surface area contributed by atoms with E-state index < -0.39 is 6.03 Å². The number of primary amides is 1. The summed E-state index contributed by atoms with van der Waals surface area (Å²) in [6.07, 6.45) is 1.65. The second-order valence-electron chi connectivity index (χ2n) is 4.37. The van der Waals surface area contributed by atoms with E-state index in [0.717, 1.165) is 42.8 Å². The molecule has 3 rings (SSSR count). The van der Waals surface area contributed by atoms with Gasteiger partial charge in [0.15, 0.2) is 0 Å². The first-order chi connectivity index (χ1) is 8.75. The molecule has 3 N–H and O–H groups in total. The van der Waals surface area contributed by atoms with Gasteiger partial charge in [-0.2, -0.15) is 9.78 Å². The molecule has 0 unspecified atom stereocenters. The van der Waals surface area contributed by atoms with E-state index in [1.807, 2.05) is 12.1 Å². The van der Waals surface area contributed by atoms with Crippen LogP contribution in [0.3, 0.4) is 0 Å². The van der Waals surface area contributed by atoms with Crippen molar-refractivity contribution < 1.29 is 4.79 Å². The summed E-state index contributed by atoms with van der Waals surface area (Å²) in [4.78, 5) is 13.5. The monoisotopic (exact) mass is 245 g/mol. The molecule has 1 aromatic heterocycles. The predicted octanol–water partition coefficient (Wildman–Crippen LogP) is 0.373. The number of hydrogen-bond donors (Lipinski definition) is 2. The molecule has 18 heavy (non-hydrogen) atoms. The van der Waals surface area contributed by atoms with E-state index in [1.165, 1.54) is 4.68 Å². The molecule has 1 saturated heterocycles. The molecule has 0 saturated carbocycles. The molecule has 94 valence electrons. The number of rotatable bonds is 1. The Morgan fingerprint density at radius 1 is 1.33 bits per heavy atom. The molecular weight excluding hydrogens is 230 g/mol. The minimum atomic E-state index is -0.553. The summed E-state index contributed by atoms with van der Waals surface area (Å²) in [5, 5.41) is 8.23. The Morgan fingerprint density at radius 2 is 2.11 bits per heavy atom. The van der Waals surface area contributed by atoms with Crippen molar-refractivity contribution in [2.45, 2.75) is 0 Å². The van der Waals surface area contributed by atoms with Gasteiger partial charge in [-0.15, -0.1) is 0 Å². The third kappa shape index (κ3) is 1.80. The average molecular weight is 245 g/mol. The first kappa shape index (κ1) is 11.0. The maximum atomic E-state index is 11.3. The maximum absolute atomic E-state index is 11.3. The Bertz CT molecular complexity index is 585. The normalized spacial score (nSPS) is 16.1. The highest BCUT2D eigenvalue weighted by Gasteiger charge is 2.13. The summed E-state index contributed by atoms with van der Waals surface area (Å²) in [6.45, 7) is 3.90. The van der Waals surface area contributed by atoms with Crippen LogP contribution in [0.4, 0.5) is 10.5 Å². The number of nitrogens with zero attached hydrogens (tertiary/aromatic N) is 3. The number of piperazine rings is 1. The van der Waals surface area contributed by atoms with Gasteiger partial charge in [0.1, 0.15) is 0 Å². The van der Waals surface area contributed by atoms with Crippen molar-refractivity contribution in [2.24, 2.45) is 5.73 Å². The fourth-order valence-corrected chi connectivity index (χ4v) is 2.30. The van der Waals surface area contributed by atoms with Crippen LogP contribution in [0.1, 0.15) is 0 Å². The smallest absolute Gasteiger partial charge is 0.340 e. The highest BCUT2D eigenvalue weighted by molar-refractivity contribution is 5.91. The largest absolute Gasteiger partial charge is 0.369 e. The van der Waals surface area contributed by atoms with Crippen molar-refractivity contribution >= 4 is 22.6 Å². The van der Waals surface area contributed by atoms with E-state index in [-0.39, 0.29) is 0 Å². The van der Waals surface area contributed by atoms with E-state index in [9.17, 15) is 4.79 Å². The molecule has 0 atom stereocenters. The average Bonchev–Trinajstić information content (AvgIpc) is 2.82. The fraction of sp³-hybridized carbons (Fsp3) is 0.333. The van der Waals surface area contributed by atoms with Gasteiger partial charge < -0.3 is 16.0 Å². The van der Waals surface area contributed by atoms with Gasteiger partial charge in [0, 0.05) is 37.3 Å². The lowest BCUT2D eigenvalue weighted by molar-refractivity contribution is 0.248. The van der Waals surface area contributed by atoms with E-state index >= 15 is 0 Å². The number of fused-ring (bicyclic) bond motifs is 1. The van der Waals surface area contributed by atoms with Gasteiger partial charge in [-0.25, -0.2) is 4.79 Å². The molecule has 1 aliphatic rings. The molecule has 1 aliphatic heterocycles. The lowest BCUT2D eigenvalue weighted by Gasteiger charge is -2.29. The molecule has 6 heteroatoms. The first-order valence-electron chi connectivity index (χ1n) is 5.99. The number of carbonyl (C=O) groups is 1. The molecule has 1 fully saturated rings. The van der Waals surface area contributed by atoms with Crippen LogP contribution < -0.4 is 16.0 Å². The van der Waals surface area contributed by atoms with Crippen LogP contribution in [-0.2, 0) is 0 Å². The zero-order chi connectivity index (χ0) is 12.5. The van der Waals surface area contributed by atoms with Crippen LogP contribution >= 0.6 is 0 Å². The zero-order valence-electron chi connectivity index (χ0n) is 9.97. The molecule has 0 spiro atoms. The van der Waals surface area contributed by atoms with E-state index in [0.29, 0.717) is 0 Å². The summed E-state index contributed by atoms with van der Waals surface area (Å²) in [5.41, 5.74) is 7.16. The van der Waals surface area contributed by atoms with Crippen LogP contribution in [0.25, 0.3) is 10.9 Å². The lowest BCUT2D eigenvalue weighted by Crippen LogP contribution is -2.43. The molecule has 1 amide bonds. The van der Waals surface area contributed by atoms with Crippen molar-refractivity contribution in [3.8, 4) is 0 Å². The fourth-order valence-electron chi connectivity index (χ4n) is 2.30. The van der Waals surface area contributed by atoms with Crippen molar-refractivity contribution in [1.29, 1.82) is 0 Å².